The Balaban J connectivity index is 3.36. The molecule has 6 heteroatoms. The molecular formula is C34H68F2O3S. The lowest BCUT2D eigenvalue weighted by Crippen LogP contribution is -2.20. The van der Waals surface area contributed by atoms with Crippen LogP contribution in [0.3, 0.4) is 0 Å². The van der Waals surface area contributed by atoms with E-state index < -0.39 is 22.0 Å². The first-order chi connectivity index (χ1) is 19.5. The molecule has 40 heavy (non-hydrogen) atoms. The topological polar surface area (TPSA) is 43.4 Å². The molecule has 0 rings (SSSR count). The quantitative estimate of drug-likeness (QED) is 0.0550. The van der Waals surface area contributed by atoms with Gasteiger partial charge in [0, 0.05) is 0 Å². The maximum Gasteiger partial charge on any atom is 0.270 e. The number of alkyl halides is 2. The Labute approximate surface area is 249 Å². The summed E-state index contributed by atoms with van der Waals surface area (Å²) in [4.78, 5) is 0. The molecular weight excluding hydrogens is 526 g/mol. The van der Waals surface area contributed by atoms with Crippen molar-refractivity contribution in [1.29, 1.82) is 0 Å². The van der Waals surface area contributed by atoms with Gasteiger partial charge in [0.2, 0.25) is 0 Å². The van der Waals surface area contributed by atoms with Crippen LogP contribution >= 0.6 is 0 Å². The fourth-order valence-electron chi connectivity index (χ4n) is 5.42. The van der Waals surface area contributed by atoms with Crippen LogP contribution in [-0.2, 0) is 14.3 Å². The number of hydrogen-bond acceptors (Lipinski definition) is 3. The molecule has 0 saturated heterocycles. The molecule has 1 atom stereocenters. The summed E-state index contributed by atoms with van der Waals surface area (Å²) in [7, 11) is -3.77. The van der Waals surface area contributed by atoms with E-state index in [9.17, 15) is 17.2 Å². The molecule has 0 aliphatic carbocycles. The van der Waals surface area contributed by atoms with Crippen LogP contribution in [-0.4, -0.2) is 33.6 Å². The van der Waals surface area contributed by atoms with Crippen molar-refractivity contribution >= 4 is 10.1 Å². The first-order valence-corrected chi connectivity index (χ1v) is 19.2. The van der Waals surface area contributed by atoms with Crippen LogP contribution in [0.1, 0.15) is 193 Å². The third-order valence-electron chi connectivity index (χ3n) is 8.05. The van der Waals surface area contributed by atoms with Gasteiger partial charge in [-0.05, 0) is 19.3 Å². The summed E-state index contributed by atoms with van der Waals surface area (Å²) in [5, 5.41) is 0. The lowest BCUT2D eigenvalue weighted by molar-refractivity contribution is 0.284. The van der Waals surface area contributed by atoms with Gasteiger partial charge < -0.3 is 0 Å². The van der Waals surface area contributed by atoms with Crippen molar-refractivity contribution in [3.05, 3.63) is 0 Å². The Bertz CT molecular complexity index is 586. The average molecular weight is 595 g/mol. The first kappa shape index (κ1) is 39.8. The van der Waals surface area contributed by atoms with Crippen molar-refractivity contribution in [2.45, 2.75) is 199 Å². The van der Waals surface area contributed by atoms with Crippen LogP contribution in [0, 0.1) is 0 Å². The van der Waals surface area contributed by atoms with E-state index in [-0.39, 0.29) is 19.7 Å². The second-order valence-corrected chi connectivity index (χ2v) is 13.9. The second kappa shape index (κ2) is 31.7. The Hall–Kier alpha value is -0.230. The molecule has 0 saturated carbocycles. The minimum Gasteiger partial charge on any atom is -0.270 e. The third kappa shape index (κ3) is 32.3. The molecule has 0 aliphatic heterocycles. The molecule has 1 unspecified atom stereocenters. The van der Waals surface area contributed by atoms with Crippen molar-refractivity contribution < 1.29 is 21.4 Å². The van der Waals surface area contributed by atoms with Gasteiger partial charge in [0.25, 0.3) is 10.1 Å². The van der Waals surface area contributed by atoms with Gasteiger partial charge in [0.05, 0.1) is 13.3 Å². The summed E-state index contributed by atoms with van der Waals surface area (Å²) in [5.74, 6) is -0.518. The monoisotopic (exact) mass is 594 g/mol. The molecule has 242 valence electrons. The van der Waals surface area contributed by atoms with Crippen LogP contribution in [0.2, 0.25) is 0 Å². The number of rotatable bonds is 34. The van der Waals surface area contributed by atoms with E-state index in [1.54, 1.807) is 0 Å². The van der Waals surface area contributed by atoms with Gasteiger partial charge in [-0.2, -0.15) is 8.42 Å². The van der Waals surface area contributed by atoms with E-state index in [2.05, 4.69) is 6.92 Å². The Morgan fingerprint density at radius 1 is 0.500 bits per heavy atom. The summed E-state index contributed by atoms with van der Waals surface area (Å²) in [6, 6.07) is 0. The maximum absolute atomic E-state index is 14.1. The molecule has 0 amide bonds. The molecule has 0 fully saturated rings. The smallest absolute Gasteiger partial charge is 0.270 e. The minimum absolute atomic E-state index is 0.177. The minimum atomic E-state index is -3.77. The number of halogens is 2. The van der Waals surface area contributed by atoms with Crippen molar-refractivity contribution in [3.63, 3.8) is 0 Å². The highest BCUT2D eigenvalue weighted by atomic mass is 32.2. The van der Waals surface area contributed by atoms with E-state index in [4.69, 9.17) is 4.18 Å². The van der Waals surface area contributed by atoms with Gasteiger partial charge in [-0.15, -0.1) is 0 Å². The van der Waals surface area contributed by atoms with Gasteiger partial charge >= 0.3 is 0 Å². The second-order valence-electron chi connectivity index (χ2n) is 12.2. The average Bonchev–Trinajstić information content (AvgIpc) is 2.92. The maximum atomic E-state index is 14.1. The summed E-state index contributed by atoms with van der Waals surface area (Å²) in [6.45, 7) is 2.22. The van der Waals surface area contributed by atoms with Crippen LogP contribution in [0.4, 0.5) is 8.78 Å². The van der Waals surface area contributed by atoms with Gasteiger partial charge in [0.1, 0.15) is 11.9 Å². The zero-order valence-corrected chi connectivity index (χ0v) is 27.4. The van der Waals surface area contributed by atoms with E-state index >= 15 is 0 Å². The normalized spacial score (nSPS) is 12.8. The van der Waals surface area contributed by atoms with Crippen LogP contribution < -0.4 is 0 Å². The van der Waals surface area contributed by atoms with E-state index in [1.807, 2.05) is 0 Å². The molecule has 0 aromatic rings. The lowest BCUT2D eigenvalue weighted by atomic mass is 10.0. The fraction of sp³-hybridized carbons (Fsp3) is 1.00. The molecule has 0 heterocycles. The van der Waals surface area contributed by atoms with Crippen molar-refractivity contribution in [3.8, 4) is 0 Å². The van der Waals surface area contributed by atoms with Gasteiger partial charge in [-0.1, -0.05) is 174 Å². The highest BCUT2D eigenvalue weighted by Crippen LogP contribution is 2.16. The standard InChI is InChI=1S/C34H68F2O3S/c1-2-3-4-5-6-7-8-9-10-11-12-13-14-15-16-17-20-23-26-29-32-39-40(37,38)33-34(36)30-27-24-21-18-19-22-25-28-31-35/h34H,2-33H2,1H3. The number of unbranched alkanes of at least 4 members (excludes halogenated alkanes) is 26. The first-order valence-electron chi connectivity index (χ1n) is 17.6. The van der Waals surface area contributed by atoms with Crippen molar-refractivity contribution in [2.24, 2.45) is 0 Å². The molecule has 0 spiro atoms. The van der Waals surface area contributed by atoms with E-state index in [1.165, 1.54) is 109 Å². The lowest BCUT2D eigenvalue weighted by Gasteiger charge is -2.10. The molecule has 0 aliphatic rings. The van der Waals surface area contributed by atoms with Crippen LogP contribution in [0.25, 0.3) is 0 Å². The zero-order valence-electron chi connectivity index (χ0n) is 26.6. The zero-order chi connectivity index (χ0) is 29.4. The molecule has 0 aromatic carbocycles. The van der Waals surface area contributed by atoms with E-state index in [0.717, 1.165) is 57.8 Å². The predicted molar refractivity (Wildman–Crippen MR) is 170 cm³/mol. The van der Waals surface area contributed by atoms with Crippen LogP contribution in [0.15, 0.2) is 0 Å². The van der Waals surface area contributed by atoms with Gasteiger partial charge in [-0.25, -0.2) is 4.39 Å². The van der Waals surface area contributed by atoms with Crippen LogP contribution in [0.5, 0.6) is 0 Å². The summed E-state index contributed by atoms with van der Waals surface area (Å²) in [6.07, 6.45) is 32.7. The highest BCUT2D eigenvalue weighted by Gasteiger charge is 2.19. The van der Waals surface area contributed by atoms with E-state index in [0.29, 0.717) is 12.8 Å². The number of hydrogen-bond donors (Lipinski definition) is 0. The largest absolute Gasteiger partial charge is 0.270 e. The Morgan fingerprint density at radius 3 is 1.20 bits per heavy atom. The van der Waals surface area contributed by atoms with Gasteiger partial charge in [-0.3, -0.25) is 8.57 Å². The Morgan fingerprint density at radius 2 is 0.825 bits per heavy atom. The van der Waals surface area contributed by atoms with Gasteiger partial charge in [0.15, 0.2) is 0 Å². The fourth-order valence-corrected chi connectivity index (χ4v) is 6.49. The Kier molecular flexibility index (Phi) is 31.5. The van der Waals surface area contributed by atoms with Crippen molar-refractivity contribution in [2.75, 3.05) is 19.0 Å². The molecule has 3 nitrogen and oxygen atoms in total. The summed E-state index contributed by atoms with van der Waals surface area (Å²) in [5.41, 5.74) is 0. The molecule has 0 aromatic heterocycles. The summed E-state index contributed by atoms with van der Waals surface area (Å²) >= 11 is 0. The third-order valence-corrected chi connectivity index (χ3v) is 9.34. The molecule has 0 radical (unpaired) electrons. The summed E-state index contributed by atoms with van der Waals surface area (Å²) < 4.78 is 55.2. The predicted octanol–water partition coefficient (Wildman–Crippen LogP) is 12.0. The van der Waals surface area contributed by atoms with Crippen molar-refractivity contribution in [1.82, 2.24) is 0 Å². The SMILES string of the molecule is CCCCCCCCCCCCCCCCCCCCCCOS(=O)(=O)CC(F)CCCCCCCCCCF. The molecule has 0 bridgehead atoms. The molecule has 0 N–H and O–H groups in total. The highest BCUT2D eigenvalue weighted by molar-refractivity contribution is 7.86.